The average Bonchev–Trinajstić information content (AvgIpc) is 2.35. The molecule has 106 valence electrons. The van der Waals surface area contributed by atoms with Gasteiger partial charge in [-0.1, -0.05) is 0 Å². The Morgan fingerprint density at radius 1 is 1.11 bits per heavy atom. The van der Waals surface area contributed by atoms with E-state index >= 15 is 0 Å². The minimum absolute atomic E-state index is 0. The second kappa shape index (κ2) is 9.29. The summed E-state index contributed by atoms with van der Waals surface area (Å²) in [5, 5.41) is 7.96. The first-order valence-electron chi connectivity index (χ1n) is 5.58. The van der Waals surface area contributed by atoms with E-state index in [4.69, 9.17) is 0 Å². The van der Waals surface area contributed by atoms with Crippen LogP contribution in [-0.4, -0.2) is 38.5 Å². The summed E-state index contributed by atoms with van der Waals surface area (Å²) < 4.78 is 12.6. The molecule has 0 radical (unpaired) electrons. The molecule has 0 bridgehead atoms. The number of carbonyl (C=O) groups excluding carboxylic acids is 2. The summed E-state index contributed by atoms with van der Waals surface area (Å²) in [6.45, 7) is 0.922. The molecule has 19 heavy (non-hydrogen) atoms. The lowest BCUT2D eigenvalue weighted by atomic mass is 10.2. The fourth-order valence-electron chi connectivity index (χ4n) is 1.30. The number of carbonyl (C=O) groups is 2. The van der Waals surface area contributed by atoms with Gasteiger partial charge in [0.15, 0.2) is 0 Å². The van der Waals surface area contributed by atoms with E-state index in [1.54, 1.807) is 7.05 Å². The Bertz CT molecular complexity index is 412. The van der Waals surface area contributed by atoms with Gasteiger partial charge in [0.1, 0.15) is 5.82 Å². The molecule has 0 aliphatic heterocycles. The van der Waals surface area contributed by atoms with E-state index in [1.165, 1.54) is 24.3 Å². The zero-order valence-corrected chi connectivity index (χ0v) is 11.3. The van der Waals surface area contributed by atoms with E-state index < -0.39 is 0 Å². The van der Waals surface area contributed by atoms with E-state index in [1.807, 2.05) is 0 Å². The number of amides is 2. The summed E-state index contributed by atoms with van der Waals surface area (Å²) in [6, 6.07) is 5.27. The second-order valence-corrected chi connectivity index (χ2v) is 3.64. The number of hydrogen-bond acceptors (Lipinski definition) is 3. The molecular weight excluding hydrogens is 273 g/mol. The lowest BCUT2D eigenvalue weighted by molar-refractivity contribution is -0.120. The number of nitrogens with one attached hydrogen (secondary N) is 3. The summed E-state index contributed by atoms with van der Waals surface area (Å²) in [7, 11) is 1.68. The van der Waals surface area contributed by atoms with Crippen molar-refractivity contribution in [3.8, 4) is 0 Å². The van der Waals surface area contributed by atoms with Crippen LogP contribution < -0.4 is 16.0 Å². The minimum Gasteiger partial charge on any atom is -0.353 e. The van der Waals surface area contributed by atoms with Crippen LogP contribution in [0.15, 0.2) is 24.3 Å². The highest BCUT2D eigenvalue weighted by atomic mass is 35.5. The molecule has 0 saturated heterocycles. The molecule has 0 saturated carbocycles. The summed E-state index contributed by atoms with van der Waals surface area (Å²) in [4.78, 5) is 22.6. The van der Waals surface area contributed by atoms with Crippen LogP contribution >= 0.6 is 12.4 Å². The zero-order valence-electron chi connectivity index (χ0n) is 10.5. The van der Waals surface area contributed by atoms with Crippen molar-refractivity contribution in [2.75, 3.05) is 26.7 Å². The summed E-state index contributed by atoms with van der Waals surface area (Å²) in [6.07, 6.45) is 0. The number of halogens is 2. The molecule has 0 spiro atoms. The van der Waals surface area contributed by atoms with Crippen LogP contribution in [0.2, 0.25) is 0 Å². The van der Waals surface area contributed by atoms with Crippen LogP contribution in [0.1, 0.15) is 10.4 Å². The molecular formula is C12H17ClFN3O2. The normalized spacial score (nSPS) is 9.37. The van der Waals surface area contributed by atoms with Gasteiger partial charge in [0.25, 0.3) is 5.91 Å². The minimum atomic E-state index is -0.383. The lowest BCUT2D eigenvalue weighted by Crippen LogP contribution is -2.38. The largest absolute Gasteiger partial charge is 0.353 e. The molecule has 7 heteroatoms. The maximum atomic E-state index is 12.6. The number of likely N-dealkylation sites (N-methyl/N-ethyl adjacent to an activating group) is 1. The van der Waals surface area contributed by atoms with Gasteiger partial charge in [-0.15, -0.1) is 12.4 Å². The third-order valence-electron chi connectivity index (χ3n) is 2.18. The Morgan fingerprint density at radius 2 is 1.68 bits per heavy atom. The van der Waals surface area contributed by atoms with E-state index in [2.05, 4.69) is 16.0 Å². The predicted molar refractivity (Wildman–Crippen MR) is 72.9 cm³/mol. The zero-order chi connectivity index (χ0) is 13.4. The molecule has 1 aromatic rings. The molecule has 0 aromatic heterocycles. The predicted octanol–water partition coefficient (Wildman–Crippen LogP) is 0.313. The van der Waals surface area contributed by atoms with Gasteiger partial charge in [0.05, 0.1) is 6.54 Å². The summed E-state index contributed by atoms with van der Waals surface area (Å²) in [5.74, 6) is -0.808. The average molecular weight is 290 g/mol. The Labute approximate surface area is 117 Å². The number of benzene rings is 1. The van der Waals surface area contributed by atoms with Gasteiger partial charge in [0, 0.05) is 18.7 Å². The third-order valence-corrected chi connectivity index (χ3v) is 2.18. The monoisotopic (exact) mass is 289 g/mol. The number of rotatable bonds is 6. The van der Waals surface area contributed by atoms with Gasteiger partial charge in [-0.3, -0.25) is 9.59 Å². The molecule has 3 N–H and O–H groups in total. The molecule has 0 aliphatic rings. The maximum absolute atomic E-state index is 12.6. The Kier molecular flexibility index (Phi) is 8.48. The van der Waals surface area contributed by atoms with Gasteiger partial charge in [-0.2, -0.15) is 0 Å². The molecule has 1 aromatic carbocycles. The SMILES string of the molecule is CNCC(=O)NCCNC(=O)c1ccc(F)cc1.Cl. The lowest BCUT2D eigenvalue weighted by Gasteiger charge is -2.06. The Morgan fingerprint density at radius 3 is 2.26 bits per heavy atom. The van der Waals surface area contributed by atoms with Crippen molar-refractivity contribution in [2.45, 2.75) is 0 Å². The van der Waals surface area contributed by atoms with Crippen LogP contribution in [0.3, 0.4) is 0 Å². The van der Waals surface area contributed by atoms with Gasteiger partial charge in [-0.25, -0.2) is 4.39 Å². The topological polar surface area (TPSA) is 70.2 Å². The molecule has 0 heterocycles. The van der Waals surface area contributed by atoms with Crippen LogP contribution in [-0.2, 0) is 4.79 Å². The van der Waals surface area contributed by atoms with Gasteiger partial charge < -0.3 is 16.0 Å². The van der Waals surface area contributed by atoms with Crippen molar-refractivity contribution in [2.24, 2.45) is 0 Å². The summed E-state index contributed by atoms with van der Waals surface area (Å²) in [5.41, 5.74) is 0.387. The van der Waals surface area contributed by atoms with Crippen molar-refractivity contribution < 1.29 is 14.0 Å². The highest BCUT2D eigenvalue weighted by molar-refractivity contribution is 5.94. The molecule has 0 aliphatic carbocycles. The van der Waals surface area contributed by atoms with Crippen molar-refractivity contribution >= 4 is 24.2 Å². The third kappa shape index (κ3) is 6.73. The van der Waals surface area contributed by atoms with Gasteiger partial charge in [0.2, 0.25) is 5.91 Å². The molecule has 0 fully saturated rings. The van der Waals surface area contributed by atoms with Crippen molar-refractivity contribution in [1.29, 1.82) is 0 Å². The van der Waals surface area contributed by atoms with Gasteiger partial charge in [-0.05, 0) is 31.3 Å². The maximum Gasteiger partial charge on any atom is 0.251 e. The highest BCUT2D eigenvalue weighted by Crippen LogP contribution is 2.01. The standard InChI is InChI=1S/C12H16FN3O2.ClH/c1-14-8-11(17)15-6-7-16-12(18)9-2-4-10(13)5-3-9;/h2-5,14H,6-8H2,1H3,(H,15,17)(H,16,18);1H. The molecule has 0 unspecified atom stereocenters. The number of hydrogen-bond donors (Lipinski definition) is 3. The van der Waals surface area contributed by atoms with Crippen LogP contribution in [0.25, 0.3) is 0 Å². The second-order valence-electron chi connectivity index (χ2n) is 3.64. The fraction of sp³-hybridized carbons (Fsp3) is 0.333. The van der Waals surface area contributed by atoms with Crippen molar-refractivity contribution in [3.05, 3.63) is 35.6 Å². The first kappa shape index (κ1) is 17.3. The molecule has 1 rings (SSSR count). The molecule has 0 atom stereocenters. The molecule has 5 nitrogen and oxygen atoms in total. The van der Waals surface area contributed by atoms with Crippen molar-refractivity contribution in [3.63, 3.8) is 0 Å². The quantitative estimate of drug-likeness (QED) is 0.660. The van der Waals surface area contributed by atoms with Crippen molar-refractivity contribution in [1.82, 2.24) is 16.0 Å². The first-order valence-corrected chi connectivity index (χ1v) is 5.58. The summed E-state index contributed by atoms with van der Waals surface area (Å²) >= 11 is 0. The Hall–Kier alpha value is -1.66. The van der Waals surface area contributed by atoms with Crippen LogP contribution in [0, 0.1) is 5.82 Å². The van der Waals surface area contributed by atoms with E-state index in [9.17, 15) is 14.0 Å². The smallest absolute Gasteiger partial charge is 0.251 e. The fourth-order valence-corrected chi connectivity index (χ4v) is 1.30. The highest BCUT2D eigenvalue weighted by Gasteiger charge is 2.04. The van der Waals surface area contributed by atoms with Crippen LogP contribution in [0.5, 0.6) is 0 Å². The van der Waals surface area contributed by atoms with E-state index in [-0.39, 0.29) is 36.6 Å². The Balaban J connectivity index is 0.00000324. The first-order chi connectivity index (χ1) is 8.63. The molecule has 2 amide bonds. The van der Waals surface area contributed by atoms with E-state index in [0.717, 1.165) is 0 Å². The van der Waals surface area contributed by atoms with E-state index in [0.29, 0.717) is 18.7 Å². The van der Waals surface area contributed by atoms with Gasteiger partial charge >= 0.3 is 0 Å². The van der Waals surface area contributed by atoms with Crippen LogP contribution in [0.4, 0.5) is 4.39 Å².